The maximum Gasteiger partial charge on any atom is 0.272 e. The smallest absolute Gasteiger partial charge is 0.272 e. The van der Waals surface area contributed by atoms with Crippen molar-refractivity contribution in [3.8, 4) is 0 Å². The summed E-state index contributed by atoms with van der Waals surface area (Å²) in [6, 6.07) is 11.7. The van der Waals surface area contributed by atoms with Crippen LogP contribution < -0.4 is 26.2 Å². The van der Waals surface area contributed by atoms with Crippen molar-refractivity contribution < 1.29 is 33.1 Å². The van der Waals surface area contributed by atoms with Gasteiger partial charge in [-0.1, -0.05) is 18.9 Å². The van der Waals surface area contributed by atoms with Gasteiger partial charge in [-0.05, 0) is 95.3 Å². The number of carbonyl (C=O) groups excluding carboxylic acids is 5. The molecule has 4 aliphatic heterocycles. The van der Waals surface area contributed by atoms with Gasteiger partial charge < -0.3 is 30.5 Å². The highest BCUT2D eigenvalue weighted by Crippen LogP contribution is 2.33. The van der Waals surface area contributed by atoms with Gasteiger partial charge in [0.1, 0.15) is 18.0 Å². The Morgan fingerprint density at radius 2 is 1.78 bits per heavy atom. The molecule has 0 aliphatic carbocycles. The molecule has 8 rings (SSSR count). The van der Waals surface area contributed by atoms with Crippen LogP contribution in [0.4, 0.5) is 27.5 Å². The molecule has 3 saturated heterocycles. The number of unbranched alkanes of at least 4 members (excludes halogenated alkanes) is 3. The Hall–Kier alpha value is -6.01. The molecule has 4 N–H and O–H groups in total. The largest absolute Gasteiger partial charge is 0.384 e. The molecule has 0 saturated carbocycles. The van der Waals surface area contributed by atoms with E-state index in [9.17, 15) is 28.4 Å². The van der Waals surface area contributed by atoms with Gasteiger partial charge in [-0.3, -0.25) is 38.9 Å². The van der Waals surface area contributed by atoms with E-state index < -0.39 is 41.9 Å². The number of nitrogens with zero attached hydrogens (tertiary/aromatic N) is 7. The number of likely N-dealkylation sites (tertiary alicyclic amines) is 1. The molecule has 0 bridgehead atoms. The van der Waals surface area contributed by atoms with Crippen LogP contribution in [-0.2, 0) is 14.3 Å². The zero-order valence-corrected chi connectivity index (χ0v) is 36.1. The Bertz CT molecular complexity index is 2360. The quantitative estimate of drug-likeness (QED) is 0.0871. The Labute approximate surface area is 365 Å². The molecule has 3 fully saturated rings. The lowest BCUT2D eigenvalue weighted by Gasteiger charge is -2.33. The van der Waals surface area contributed by atoms with E-state index in [1.165, 1.54) is 7.11 Å². The van der Waals surface area contributed by atoms with Crippen LogP contribution in [-0.4, -0.2) is 130 Å². The molecule has 334 valence electrons. The zero-order chi connectivity index (χ0) is 44.2. The van der Waals surface area contributed by atoms with Crippen molar-refractivity contribution in [2.24, 2.45) is 0 Å². The van der Waals surface area contributed by atoms with E-state index in [0.717, 1.165) is 79.6 Å². The highest BCUT2D eigenvalue weighted by atomic mass is 19.1. The van der Waals surface area contributed by atoms with E-state index in [2.05, 4.69) is 36.1 Å². The van der Waals surface area contributed by atoms with Crippen LogP contribution in [0.5, 0.6) is 0 Å². The van der Waals surface area contributed by atoms with Crippen molar-refractivity contribution >= 4 is 63.6 Å². The van der Waals surface area contributed by atoms with Crippen LogP contribution >= 0.6 is 0 Å². The lowest BCUT2D eigenvalue weighted by Crippen LogP contribution is -2.54. The van der Waals surface area contributed by atoms with Crippen molar-refractivity contribution in [3.63, 3.8) is 0 Å². The van der Waals surface area contributed by atoms with Crippen LogP contribution in [0.25, 0.3) is 10.9 Å². The molecule has 5 amide bonds. The maximum atomic E-state index is 14.6. The predicted octanol–water partition coefficient (Wildman–Crippen LogP) is 4.98. The second kappa shape index (κ2) is 19.2. The number of fused-ring (bicyclic) bond motifs is 2. The second-order valence-corrected chi connectivity index (χ2v) is 17.1. The van der Waals surface area contributed by atoms with Crippen molar-refractivity contribution in [1.82, 2.24) is 40.2 Å². The fourth-order valence-corrected chi connectivity index (χ4v) is 9.08. The number of amides is 5. The average molecular weight is 866 g/mol. The lowest BCUT2D eigenvalue weighted by atomic mass is 10.0. The summed E-state index contributed by atoms with van der Waals surface area (Å²) in [6.07, 6.45) is 6.56. The number of imide groups is 2. The van der Waals surface area contributed by atoms with E-state index in [0.29, 0.717) is 42.7 Å². The van der Waals surface area contributed by atoms with Crippen LogP contribution in [0.2, 0.25) is 0 Å². The van der Waals surface area contributed by atoms with Crippen LogP contribution in [0, 0.1) is 0 Å². The zero-order valence-electron chi connectivity index (χ0n) is 36.1. The third-order valence-corrected chi connectivity index (χ3v) is 12.5. The molecule has 1 unspecified atom stereocenters. The SMILES string of the molecule is CO[C@H]1CCN(c2nccc(Nc3ccc4c(C(=O)NC5CCN(CCCCCCNc6cccc7c6C(=O)N(C6CCC(=O)NC6=O)C7=O)CC5)nn(C(C)C)c4c3)n2)C[C@H]1F. The van der Waals surface area contributed by atoms with Gasteiger partial charge in [-0.25, -0.2) is 9.37 Å². The molecular formula is C45H56FN11O6. The Kier molecular flexibility index (Phi) is 13.3. The second-order valence-electron chi connectivity index (χ2n) is 17.1. The summed E-state index contributed by atoms with van der Waals surface area (Å²) in [6.45, 7) is 8.25. The van der Waals surface area contributed by atoms with Gasteiger partial charge in [0.25, 0.3) is 17.7 Å². The molecule has 6 heterocycles. The van der Waals surface area contributed by atoms with Gasteiger partial charge in [-0.15, -0.1) is 0 Å². The van der Waals surface area contributed by atoms with Gasteiger partial charge in [0.05, 0.1) is 29.3 Å². The standard InChI is InChI=1S/C45H56FN11O6/c1-27(2)57-35-25-29(49-37-15-20-48-45(51-37)55-24-18-36(63-3)32(46)26-55)11-12-30(35)40(53-57)42(60)50-28-16-22-54(23-17-28)21-7-5-4-6-19-47-33-10-8-9-31-39(33)44(62)56(43(31)61)34-13-14-38(58)52-41(34)59/h8-12,15,20,25,27-28,32,34,36,47H,4-7,13-14,16-19,21-24,26H2,1-3H3,(H,50,60)(H,48,49,51)(H,52,58,59)/t32-,34?,36+/m1/s1. The number of rotatable bonds is 16. The molecule has 2 aromatic heterocycles. The maximum absolute atomic E-state index is 14.6. The van der Waals surface area contributed by atoms with Crippen LogP contribution in [0.15, 0.2) is 48.7 Å². The number of halogens is 1. The summed E-state index contributed by atoms with van der Waals surface area (Å²) >= 11 is 0. The summed E-state index contributed by atoms with van der Waals surface area (Å²) in [5, 5.41) is 17.7. The number of alkyl halides is 1. The first-order valence-corrected chi connectivity index (χ1v) is 22.1. The van der Waals surface area contributed by atoms with Crippen LogP contribution in [0.3, 0.4) is 0 Å². The number of piperidine rings is 3. The minimum Gasteiger partial charge on any atom is -0.384 e. The number of hydrogen-bond donors (Lipinski definition) is 4. The molecule has 0 spiro atoms. The van der Waals surface area contributed by atoms with E-state index in [1.807, 2.05) is 41.6 Å². The number of nitrogens with one attached hydrogen (secondary N) is 4. The van der Waals surface area contributed by atoms with E-state index in [4.69, 9.17) is 9.84 Å². The summed E-state index contributed by atoms with van der Waals surface area (Å²) in [4.78, 5) is 78.6. The normalized spacial score (nSPS) is 21.0. The fraction of sp³-hybridized carbons (Fsp3) is 0.511. The third kappa shape index (κ3) is 9.51. The highest BCUT2D eigenvalue weighted by Gasteiger charge is 2.45. The molecule has 4 aromatic rings. The summed E-state index contributed by atoms with van der Waals surface area (Å²) in [5.41, 5.74) is 3.12. The van der Waals surface area contributed by atoms with Crippen molar-refractivity contribution in [2.45, 2.75) is 102 Å². The van der Waals surface area contributed by atoms with E-state index in [-0.39, 0.29) is 48.5 Å². The fourth-order valence-electron chi connectivity index (χ4n) is 9.08. The topological polar surface area (TPSA) is 196 Å². The molecule has 2 aromatic carbocycles. The summed E-state index contributed by atoms with van der Waals surface area (Å²) in [7, 11) is 1.53. The Morgan fingerprint density at radius 1 is 0.968 bits per heavy atom. The lowest BCUT2D eigenvalue weighted by molar-refractivity contribution is -0.136. The minimum atomic E-state index is -1.12. The van der Waals surface area contributed by atoms with E-state index >= 15 is 0 Å². The number of benzene rings is 2. The predicted molar refractivity (Wildman–Crippen MR) is 235 cm³/mol. The monoisotopic (exact) mass is 865 g/mol. The van der Waals surface area contributed by atoms with Crippen molar-refractivity contribution in [2.75, 3.05) is 61.9 Å². The van der Waals surface area contributed by atoms with Crippen molar-refractivity contribution in [3.05, 3.63) is 65.5 Å². The van der Waals surface area contributed by atoms with Crippen LogP contribution in [0.1, 0.15) is 109 Å². The average Bonchev–Trinajstić information content (AvgIpc) is 3.78. The number of hydrogen-bond acceptors (Lipinski definition) is 13. The number of ether oxygens (including phenoxy) is 1. The number of aromatic nitrogens is 4. The first kappa shape index (κ1) is 43.6. The Balaban J connectivity index is 0.770. The van der Waals surface area contributed by atoms with Gasteiger partial charge in [0.15, 0.2) is 5.69 Å². The molecule has 17 nitrogen and oxygen atoms in total. The first-order valence-electron chi connectivity index (χ1n) is 22.1. The molecule has 18 heteroatoms. The highest BCUT2D eigenvalue weighted by molar-refractivity contribution is 6.25. The van der Waals surface area contributed by atoms with E-state index in [1.54, 1.807) is 30.5 Å². The molecule has 3 atom stereocenters. The number of carbonyl (C=O) groups is 5. The van der Waals surface area contributed by atoms with Gasteiger partial charge in [0.2, 0.25) is 17.8 Å². The Morgan fingerprint density at radius 3 is 2.54 bits per heavy atom. The summed E-state index contributed by atoms with van der Waals surface area (Å²) in [5.74, 6) is -1.21. The molecule has 0 radical (unpaired) electrons. The first-order chi connectivity index (χ1) is 30.5. The minimum absolute atomic E-state index is 0.0141. The molecule has 4 aliphatic rings. The van der Waals surface area contributed by atoms with Gasteiger partial charge in [-0.2, -0.15) is 10.1 Å². The molecule has 63 heavy (non-hydrogen) atoms. The number of anilines is 4. The molecular weight excluding hydrogens is 810 g/mol. The van der Waals surface area contributed by atoms with Crippen molar-refractivity contribution in [1.29, 1.82) is 0 Å². The summed E-state index contributed by atoms with van der Waals surface area (Å²) < 4.78 is 21.7. The third-order valence-electron chi connectivity index (χ3n) is 12.5. The van der Waals surface area contributed by atoms with Gasteiger partial charge in [0, 0.05) is 74.8 Å². The number of methoxy groups -OCH3 is 1. The van der Waals surface area contributed by atoms with Gasteiger partial charge >= 0.3 is 0 Å².